The van der Waals surface area contributed by atoms with Crippen LogP contribution < -0.4 is 4.74 Å². The van der Waals surface area contributed by atoms with E-state index in [4.69, 9.17) is 14.2 Å². The number of nitrogens with zero attached hydrogens (tertiary/aromatic N) is 1. The lowest BCUT2D eigenvalue weighted by molar-refractivity contribution is -0.0395. The molecular formula is C21H30BrNO4. The van der Waals surface area contributed by atoms with Crippen LogP contribution >= 0.6 is 15.9 Å². The molecule has 3 rings (SSSR count). The Balaban J connectivity index is 1.45. The minimum Gasteiger partial charge on any atom is -0.491 e. The van der Waals surface area contributed by atoms with Crippen LogP contribution in [0.1, 0.15) is 52.0 Å². The minimum absolute atomic E-state index is 0.179. The van der Waals surface area contributed by atoms with E-state index in [1.54, 1.807) is 0 Å². The summed E-state index contributed by atoms with van der Waals surface area (Å²) < 4.78 is 18.6. The predicted octanol–water partition coefficient (Wildman–Crippen LogP) is 5.08. The normalized spacial score (nSPS) is 24.8. The largest absolute Gasteiger partial charge is 0.491 e. The molecule has 1 amide bonds. The van der Waals surface area contributed by atoms with Crippen LogP contribution in [0.5, 0.6) is 5.75 Å². The number of hydrogen-bond acceptors (Lipinski definition) is 4. The zero-order valence-electron chi connectivity index (χ0n) is 16.7. The SMILES string of the molecule is Cc1c(Br)cccc1OCCOC1C[C@H]2CC[C@@H](C1)N2C(=O)OC(C)(C)C. The maximum absolute atomic E-state index is 12.5. The lowest BCUT2D eigenvalue weighted by Crippen LogP contribution is -2.50. The number of piperidine rings is 1. The summed E-state index contributed by atoms with van der Waals surface area (Å²) in [6.07, 6.45) is 3.85. The molecule has 0 aromatic heterocycles. The molecule has 2 saturated heterocycles. The molecule has 3 atom stereocenters. The van der Waals surface area contributed by atoms with Gasteiger partial charge in [0.15, 0.2) is 0 Å². The first-order chi connectivity index (χ1) is 12.7. The van der Waals surface area contributed by atoms with E-state index < -0.39 is 5.60 Å². The number of halogens is 1. The van der Waals surface area contributed by atoms with Gasteiger partial charge in [0, 0.05) is 22.1 Å². The van der Waals surface area contributed by atoms with Gasteiger partial charge in [-0.3, -0.25) is 0 Å². The maximum Gasteiger partial charge on any atom is 0.410 e. The van der Waals surface area contributed by atoms with Crippen molar-refractivity contribution in [2.75, 3.05) is 13.2 Å². The van der Waals surface area contributed by atoms with Crippen molar-refractivity contribution in [3.8, 4) is 5.75 Å². The van der Waals surface area contributed by atoms with Crippen molar-refractivity contribution in [1.29, 1.82) is 0 Å². The molecule has 5 nitrogen and oxygen atoms in total. The monoisotopic (exact) mass is 439 g/mol. The Labute approximate surface area is 170 Å². The van der Waals surface area contributed by atoms with E-state index in [9.17, 15) is 4.79 Å². The molecule has 0 N–H and O–H groups in total. The Kier molecular flexibility index (Phi) is 6.36. The summed E-state index contributed by atoms with van der Waals surface area (Å²) >= 11 is 3.52. The van der Waals surface area contributed by atoms with Crippen molar-refractivity contribution < 1.29 is 19.0 Å². The summed E-state index contributed by atoms with van der Waals surface area (Å²) in [6, 6.07) is 6.41. The van der Waals surface area contributed by atoms with Crippen LogP contribution in [0, 0.1) is 6.92 Å². The second-order valence-corrected chi connectivity index (χ2v) is 9.30. The summed E-state index contributed by atoms with van der Waals surface area (Å²) in [5.74, 6) is 0.882. The quantitative estimate of drug-likeness (QED) is 0.599. The van der Waals surface area contributed by atoms with Gasteiger partial charge < -0.3 is 19.1 Å². The molecule has 2 heterocycles. The molecule has 6 heteroatoms. The van der Waals surface area contributed by atoms with Crippen molar-refractivity contribution in [3.63, 3.8) is 0 Å². The van der Waals surface area contributed by atoms with Crippen molar-refractivity contribution in [1.82, 2.24) is 4.90 Å². The topological polar surface area (TPSA) is 48.0 Å². The van der Waals surface area contributed by atoms with Crippen LogP contribution in [0.15, 0.2) is 22.7 Å². The molecule has 2 bridgehead atoms. The number of hydrogen-bond donors (Lipinski definition) is 0. The Morgan fingerprint density at radius 2 is 1.85 bits per heavy atom. The van der Waals surface area contributed by atoms with Crippen LogP contribution in [0.4, 0.5) is 4.79 Å². The van der Waals surface area contributed by atoms with E-state index in [-0.39, 0.29) is 24.3 Å². The molecule has 27 heavy (non-hydrogen) atoms. The van der Waals surface area contributed by atoms with Crippen LogP contribution in [0.3, 0.4) is 0 Å². The summed E-state index contributed by atoms with van der Waals surface area (Å²) in [6.45, 7) is 8.85. The highest BCUT2D eigenvalue weighted by Gasteiger charge is 2.45. The fraction of sp³-hybridized carbons (Fsp3) is 0.667. The third-order valence-corrected chi connectivity index (χ3v) is 6.07. The predicted molar refractivity (Wildman–Crippen MR) is 108 cm³/mol. The number of ether oxygens (including phenoxy) is 3. The Morgan fingerprint density at radius 1 is 1.19 bits per heavy atom. The molecule has 1 unspecified atom stereocenters. The van der Waals surface area contributed by atoms with Crippen LogP contribution in [-0.4, -0.2) is 48.0 Å². The summed E-state index contributed by atoms with van der Waals surface area (Å²) in [5.41, 5.74) is 0.646. The molecule has 0 aliphatic carbocycles. The van der Waals surface area contributed by atoms with Gasteiger partial charge in [-0.05, 0) is 65.5 Å². The van der Waals surface area contributed by atoms with Crippen molar-refractivity contribution >= 4 is 22.0 Å². The fourth-order valence-corrected chi connectivity index (χ4v) is 4.33. The van der Waals surface area contributed by atoms with E-state index in [1.165, 1.54) is 0 Å². The molecule has 0 spiro atoms. The highest BCUT2D eigenvalue weighted by molar-refractivity contribution is 9.10. The lowest BCUT2D eigenvalue weighted by atomic mass is 10.0. The Bertz CT molecular complexity index is 659. The first kappa shape index (κ1) is 20.5. The number of carbonyl (C=O) groups excluding carboxylic acids is 1. The van der Waals surface area contributed by atoms with E-state index >= 15 is 0 Å². The van der Waals surface area contributed by atoms with Gasteiger partial charge in [-0.25, -0.2) is 4.79 Å². The molecule has 0 radical (unpaired) electrons. The third kappa shape index (κ3) is 5.17. The zero-order valence-corrected chi connectivity index (χ0v) is 18.3. The van der Waals surface area contributed by atoms with E-state index in [0.717, 1.165) is 41.5 Å². The fourth-order valence-electron chi connectivity index (χ4n) is 3.99. The number of benzene rings is 1. The van der Waals surface area contributed by atoms with Gasteiger partial charge in [-0.2, -0.15) is 0 Å². The summed E-state index contributed by atoms with van der Waals surface area (Å²) in [4.78, 5) is 14.4. The number of carbonyl (C=O) groups is 1. The van der Waals surface area contributed by atoms with Crippen molar-refractivity contribution in [3.05, 3.63) is 28.2 Å². The number of amides is 1. The lowest BCUT2D eigenvalue weighted by Gasteiger charge is -2.39. The van der Waals surface area contributed by atoms with Crippen LogP contribution in [0.2, 0.25) is 0 Å². The van der Waals surface area contributed by atoms with Crippen LogP contribution in [0.25, 0.3) is 0 Å². The highest BCUT2D eigenvalue weighted by Crippen LogP contribution is 2.38. The average molecular weight is 440 g/mol. The minimum atomic E-state index is -0.453. The van der Waals surface area contributed by atoms with E-state index in [0.29, 0.717) is 13.2 Å². The molecule has 0 saturated carbocycles. The van der Waals surface area contributed by atoms with Gasteiger partial charge >= 0.3 is 6.09 Å². The third-order valence-electron chi connectivity index (χ3n) is 5.21. The van der Waals surface area contributed by atoms with Gasteiger partial charge in [-0.1, -0.05) is 22.0 Å². The standard InChI is InChI=1S/C21H30BrNO4/c1-14-18(22)6-5-7-19(14)26-11-10-25-17-12-15-8-9-16(13-17)23(15)20(24)27-21(2,3)4/h5-7,15-17H,8-13H2,1-4H3/t15-,16+,17?. The zero-order chi connectivity index (χ0) is 19.6. The Morgan fingerprint density at radius 3 is 2.48 bits per heavy atom. The van der Waals surface area contributed by atoms with Gasteiger partial charge in [0.2, 0.25) is 0 Å². The van der Waals surface area contributed by atoms with Gasteiger partial charge in [-0.15, -0.1) is 0 Å². The molecule has 1 aromatic carbocycles. The van der Waals surface area contributed by atoms with E-state index in [1.807, 2.05) is 50.8 Å². The first-order valence-electron chi connectivity index (χ1n) is 9.75. The van der Waals surface area contributed by atoms with Gasteiger partial charge in [0.1, 0.15) is 18.0 Å². The molecular weight excluding hydrogens is 410 g/mol. The van der Waals surface area contributed by atoms with Crippen LogP contribution in [-0.2, 0) is 9.47 Å². The Hall–Kier alpha value is -1.27. The molecule has 2 aliphatic rings. The van der Waals surface area contributed by atoms with E-state index in [2.05, 4.69) is 15.9 Å². The maximum atomic E-state index is 12.5. The first-order valence-corrected chi connectivity index (χ1v) is 10.5. The average Bonchev–Trinajstić information content (AvgIpc) is 2.85. The van der Waals surface area contributed by atoms with Crippen molar-refractivity contribution in [2.45, 2.75) is 77.2 Å². The second-order valence-electron chi connectivity index (χ2n) is 8.45. The molecule has 2 aliphatic heterocycles. The molecule has 150 valence electrons. The van der Waals surface area contributed by atoms with Gasteiger partial charge in [0.05, 0.1) is 12.7 Å². The smallest absolute Gasteiger partial charge is 0.410 e. The number of fused-ring (bicyclic) bond motifs is 2. The summed E-state index contributed by atoms with van der Waals surface area (Å²) in [5, 5.41) is 0. The highest BCUT2D eigenvalue weighted by atomic mass is 79.9. The van der Waals surface area contributed by atoms with Crippen molar-refractivity contribution in [2.24, 2.45) is 0 Å². The molecule has 1 aromatic rings. The second kappa shape index (κ2) is 8.39. The summed E-state index contributed by atoms with van der Waals surface area (Å²) in [7, 11) is 0. The van der Waals surface area contributed by atoms with Gasteiger partial charge in [0.25, 0.3) is 0 Å². The molecule has 2 fully saturated rings. The number of rotatable bonds is 5.